The van der Waals surface area contributed by atoms with Gasteiger partial charge in [-0.15, -0.1) is 0 Å². The maximum absolute atomic E-state index is 13.1. The highest BCUT2D eigenvalue weighted by molar-refractivity contribution is 6.46. The molecule has 0 aliphatic carbocycles. The number of aliphatic hydroxyl groups excluding tert-OH is 1. The van der Waals surface area contributed by atoms with E-state index in [2.05, 4.69) is 0 Å². The fraction of sp³-hybridized carbons (Fsp3) is 0.185. The SMILES string of the molecule is CCOc1ccc(C(O)=C2C(=O)C(=O)N(Cc3ccccc3)C2c2ccc(OC)cc2)cc1. The minimum absolute atomic E-state index is 0.0604. The van der Waals surface area contributed by atoms with E-state index in [9.17, 15) is 14.7 Å². The van der Waals surface area contributed by atoms with Crippen molar-refractivity contribution in [1.82, 2.24) is 4.90 Å². The Bertz CT molecular complexity index is 1170. The Morgan fingerprint density at radius 1 is 0.909 bits per heavy atom. The number of ether oxygens (including phenoxy) is 2. The molecule has 1 atom stereocenters. The highest BCUT2D eigenvalue weighted by Gasteiger charge is 2.46. The number of Topliss-reactive ketones (excluding diaryl/α,β-unsaturated/α-hetero) is 1. The van der Waals surface area contributed by atoms with Crippen LogP contribution in [-0.2, 0) is 16.1 Å². The van der Waals surface area contributed by atoms with Crippen molar-refractivity contribution in [2.45, 2.75) is 19.5 Å². The first kappa shape index (κ1) is 22.1. The van der Waals surface area contributed by atoms with Gasteiger partial charge in [0, 0.05) is 12.1 Å². The lowest BCUT2D eigenvalue weighted by molar-refractivity contribution is -0.140. The van der Waals surface area contributed by atoms with E-state index < -0.39 is 17.7 Å². The van der Waals surface area contributed by atoms with Crippen LogP contribution < -0.4 is 9.47 Å². The molecule has 0 spiro atoms. The number of likely N-dealkylation sites (tertiary alicyclic amines) is 1. The first-order valence-corrected chi connectivity index (χ1v) is 10.7. The van der Waals surface area contributed by atoms with Crippen molar-refractivity contribution in [1.29, 1.82) is 0 Å². The van der Waals surface area contributed by atoms with Gasteiger partial charge < -0.3 is 19.5 Å². The summed E-state index contributed by atoms with van der Waals surface area (Å²) in [5.41, 5.74) is 2.09. The third-order valence-electron chi connectivity index (χ3n) is 5.61. The third kappa shape index (κ3) is 4.46. The van der Waals surface area contributed by atoms with Crippen LogP contribution in [0.25, 0.3) is 5.76 Å². The second kappa shape index (κ2) is 9.61. The topological polar surface area (TPSA) is 76.1 Å². The molecule has 1 aliphatic rings. The summed E-state index contributed by atoms with van der Waals surface area (Å²) in [7, 11) is 1.57. The molecule has 6 heteroatoms. The standard InChI is InChI=1S/C27H25NO5/c1-3-33-22-15-11-20(12-16-22)25(29)23-24(19-9-13-21(32-2)14-10-19)28(27(31)26(23)30)17-18-7-5-4-6-8-18/h4-16,24,29H,3,17H2,1-2H3. The average Bonchev–Trinajstić information content (AvgIpc) is 3.10. The number of methoxy groups -OCH3 is 1. The number of aliphatic hydroxyl groups is 1. The molecule has 6 nitrogen and oxygen atoms in total. The molecule has 1 fully saturated rings. The van der Waals surface area contributed by atoms with Gasteiger partial charge in [0.1, 0.15) is 17.3 Å². The fourth-order valence-corrected chi connectivity index (χ4v) is 3.99. The molecule has 3 aromatic carbocycles. The molecule has 33 heavy (non-hydrogen) atoms. The number of hydrogen-bond donors (Lipinski definition) is 1. The Morgan fingerprint density at radius 3 is 2.15 bits per heavy atom. The number of nitrogens with zero attached hydrogens (tertiary/aromatic N) is 1. The lowest BCUT2D eigenvalue weighted by Crippen LogP contribution is -2.29. The van der Waals surface area contributed by atoms with Crippen molar-refractivity contribution < 1.29 is 24.2 Å². The van der Waals surface area contributed by atoms with Gasteiger partial charge in [-0.1, -0.05) is 42.5 Å². The van der Waals surface area contributed by atoms with Crippen LogP contribution in [0.3, 0.4) is 0 Å². The number of amides is 1. The second-order valence-electron chi connectivity index (χ2n) is 7.64. The second-order valence-corrected chi connectivity index (χ2v) is 7.64. The molecule has 4 rings (SSSR count). The minimum atomic E-state index is -0.734. The smallest absolute Gasteiger partial charge is 0.295 e. The minimum Gasteiger partial charge on any atom is -0.507 e. The van der Waals surface area contributed by atoms with Crippen LogP contribution in [0, 0.1) is 0 Å². The van der Waals surface area contributed by atoms with Crippen LogP contribution in [0.2, 0.25) is 0 Å². The van der Waals surface area contributed by atoms with Crippen LogP contribution in [0.5, 0.6) is 11.5 Å². The summed E-state index contributed by atoms with van der Waals surface area (Å²) >= 11 is 0. The van der Waals surface area contributed by atoms with Gasteiger partial charge >= 0.3 is 0 Å². The average molecular weight is 443 g/mol. The lowest BCUT2D eigenvalue weighted by atomic mass is 9.95. The van der Waals surface area contributed by atoms with Gasteiger partial charge in [-0.05, 0) is 54.4 Å². The van der Waals surface area contributed by atoms with E-state index in [4.69, 9.17) is 9.47 Å². The Kier molecular flexibility index (Phi) is 6.45. The number of benzene rings is 3. The van der Waals surface area contributed by atoms with Gasteiger partial charge in [0.15, 0.2) is 0 Å². The quantitative estimate of drug-likeness (QED) is 0.325. The number of carbonyl (C=O) groups excluding carboxylic acids is 2. The predicted octanol–water partition coefficient (Wildman–Crippen LogP) is 4.72. The molecule has 0 aromatic heterocycles. The van der Waals surface area contributed by atoms with Crippen molar-refractivity contribution in [2.75, 3.05) is 13.7 Å². The molecule has 1 saturated heterocycles. The Balaban J connectivity index is 1.81. The van der Waals surface area contributed by atoms with Gasteiger partial charge in [-0.2, -0.15) is 0 Å². The first-order valence-electron chi connectivity index (χ1n) is 10.7. The molecule has 1 amide bonds. The molecular weight excluding hydrogens is 418 g/mol. The first-order chi connectivity index (χ1) is 16.0. The van der Waals surface area contributed by atoms with E-state index in [0.717, 1.165) is 5.56 Å². The van der Waals surface area contributed by atoms with Crippen molar-refractivity contribution >= 4 is 17.4 Å². The van der Waals surface area contributed by atoms with E-state index in [-0.39, 0.29) is 17.9 Å². The van der Waals surface area contributed by atoms with Gasteiger partial charge in [0.05, 0.1) is 25.3 Å². The summed E-state index contributed by atoms with van der Waals surface area (Å²) in [5, 5.41) is 11.2. The van der Waals surface area contributed by atoms with Crippen molar-refractivity contribution in [3.63, 3.8) is 0 Å². The molecule has 1 unspecified atom stereocenters. The number of carbonyl (C=O) groups is 2. The molecule has 0 radical (unpaired) electrons. The largest absolute Gasteiger partial charge is 0.507 e. The summed E-state index contributed by atoms with van der Waals surface area (Å²) in [4.78, 5) is 27.7. The summed E-state index contributed by atoms with van der Waals surface area (Å²) in [5.74, 6) is -0.256. The van der Waals surface area contributed by atoms with Gasteiger partial charge in [-0.3, -0.25) is 9.59 Å². The predicted molar refractivity (Wildman–Crippen MR) is 125 cm³/mol. The maximum Gasteiger partial charge on any atom is 0.295 e. The van der Waals surface area contributed by atoms with Gasteiger partial charge in [-0.25, -0.2) is 0 Å². The van der Waals surface area contributed by atoms with E-state index >= 15 is 0 Å². The van der Waals surface area contributed by atoms with Crippen LogP contribution in [0.1, 0.15) is 29.7 Å². The van der Waals surface area contributed by atoms with Gasteiger partial charge in [0.25, 0.3) is 11.7 Å². The zero-order chi connectivity index (χ0) is 23.4. The zero-order valence-corrected chi connectivity index (χ0v) is 18.5. The highest BCUT2D eigenvalue weighted by Crippen LogP contribution is 2.40. The summed E-state index contributed by atoms with van der Waals surface area (Å²) in [6.07, 6.45) is 0. The normalized spacial score (nSPS) is 17.3. The molecule has 168 valence electrons. The molecule has 1 aliphatic heterocycles. The molecule has 0 bridgehead atoms. The van der Waals surface area contributed by atoms with Crippen LogP contribution in [0.15, 0.2) is 84.4 Å². The number of hydrogen-bond acceptors (Lipinski definition) is 5. The zero-order valence-electron chi connectivity index (χ0n) is 18.5. The summed E-state index contributed by atoms with van der Waals surface area (Å²) in [6, 6.07) is 22.7. The van der Waals surface area contributed by atoms with E-state index in [1.807, 2.05) is 37.3 Å². The van der Waals surface area contributed by atoms with Crippen molar-refractivity contribution in [3.8, 4) is 11.5 Å². The molecule has 1 heterocycles. The summed E-state index contributed by atoms with van der Waals surface area (Å²) < 4.78 is 10.7. The molecular formula is C27H25NO5. The maximum atomic E-state index is 13.1. The molecule has 0 saturated carbocycles. The van der Waals surface area contributed by atoms with Crippen LogP contribution in [-0.4, -0.2) is 35.4 Å². The Hall–Kier alpha value is -4.06. The molecule has 1 N–H and O–H groups in total. The highest BCUT2D eigenvalue weighted by atomic mass is 16.5. The van der Waals surface area contributed by atoms with Gasteiger partial charge in [0.2, 0.25) is 0 Å². The van der Waals surface area contributed by atoms with Crippen molar-refractivity contribution in [2.24, 2.45) is 0 Å². The summed E-state index contributed by atoms with van der Waals surface area (Å²) in [6.45, 7) is 2.65. The lowest BCUT2D eigenvalue weighted by Gasteiger charge is -2.25. The number of rotatable bonds is 7. The fourth-order valence-electron chi connectivity index (χ4n) is 3.99. The van der Waals surface area contributed by atoms with Crippen LogP contribution in [0.4, 0.5) is 0 Å². The number of ketones is 1. The third-order valence-corrected chi connectivity index (χ3v) is 5.61. The van der Waals surface area contributed by atoms with Crippen LogP contribution >= 0.6 is 0 Å². The van der Waals surface area contributed by atoms with Crippen molar-refractivity contribution in [3.05, 3.63) is 101 Å². The monoisotopic (exact) mass is 443 g/mol. The Labute approximate surface area is 192 Å². The van der Waals surface area contributed by atoms with E-state index in [1.165, 1.54) is 4.90 Å². The van der Waals surface area contributed by atoms with E-state index in [1.54, 1.807) is 55.6 Å². The molecule has 3 aromatic rings. The Morgan fingerprint density at radius 2 is 1.55 bits per heavy atom. The van der Waals surface area contributed by atoms with E-state index in [0.29, 0.717) is 29.2 Å².